The Morgan fingerprint density at radius 2 is 2.07 bits per heavy atom. The Hall–Kier alpha value is -3.42. The zero-order valence-corrected chi connectivity index (χ0v) is 16.8. The number of rotatable bonds is 5. The first kappa shape index (κ1) is 19.9. The number of nitrogens with one attached hydrogen (secondary N) is 2. The second-order valence-corrected chi connectivity index (χ2v) is 7.87. The first-order chi connectivity index (χ1) is 14.4. The van der Waals surface area contributed by atoms with Gasteiger partial charge in [0.25, 0.3) is 5.91 Å². The normalized spacial score (nSPS) is 19.2. The number of hydrogen-bond acceptors (Lipinski definition) is 4. The van der Waals surface area contributed by atoms with Crippen LogP contribution in [0.1, 0.15) is 42.5 Å². The number of carbonyl (C=O) groups is 2. The van der Waals surface area contributed by atoms with Crippen LogP contribution in [0.4, 0.5) is 4.39 Å². The van der Waals surface area contributed by atoms with Crippen molar-refractivity contribution in [2.75, 3.05) is 6.54 Å². The van der Waals surface area contributed by atoms with Gasteiger partial charge in [-0.1, -0.05) is 19.0 Å². The summed E-state index contributed by atoms with van der Waals surface area (Å²) in [5, 5.41) is 6.92. The largest absolute Gasteiger partial charge is 0.363 e. The fourth-order valence-electron chi connectivity index (χ4n) is 3.69. The van der Waals surface area contributed by atoms with Gasteiger partial charge in [0.1, 0.15) is 11.9 Å². The molecule has 2 aromatic heterocycles. The van der Waals surface area contributed by atoms with Gasteiger partial charge in [-0.3, -0.25) is 9.59 Å². The SMILES string of the molecule is CC(C)C[C@H]1C(=O)N[C@H](c2ccc[nH]2)CN1C(=O)c1cc(-c2ccc(F)cc2)on1. The molecule has 1 saturated heterocycles. The van der Waals surface area contributed by atoms with Gasteiger partial charge in [0, 0.05) is 30.1 Å². The molecule has 3 heterocycles. The Morgan fingerprint density at radius 3 is 2.73 bits per heavy atom. The number of amides is 2. The summed E-state index contributed by atoms with van der Waals surface area (Å²) in [6.07, 6.45) is 2.32. The number of piperazine rings is 1. The summed E-state index contributed by atoms with van der Waals surface area (Å²) < 4.78 is 18.5. The number of nitrogens with zero attached hydrogens (tertiary/aromatic N) is 2. The Bertz CT molecular complexity index is 1030. The van der Waals surface area contributed by atoms with Gasteiger partial charge in [-0.2, -0.15) is 0 Å². The van der Waals surface area contributed by atoms with E-state index < -0.39 is 6.04 Å². The highest BCUT2D eigenvalue weighted by atomic mass is 19.1. The van der Waals surface area contributed by atoms with Gasteiger partial charge < -0.3 is 19.7 Å². The van der Waals surface area contributed by atoms with E-state index in [0.717, 1.165) is 5.69 Å². The first-order valence-electron chi connectivity index (χ1n) is 9.89. The molecule has 1 fully saturated rings. The zero-order chi connectivity index (χ0) is 21.3. The summed E-state index contributed by atoms with van der Waals surface area (Å²) in [7, 11) is 0. The molecule has 0 bridgehead atoms. The van der Waals surface area contributed by atoms with Crippen LogP contribution in [0.3, 0.4) is 0 Å². The highest BCUT2D eigenvalue weighted by molar-refractivity contribution is 5.97. The highest BCUT2D eigenvalue weighted by Gasteiger charge is 2.39. The molecule has 8 heteroatoms. The fraction of sp³-hybridized carbons (Fsp3) is 0.318. The van der Waals surface area contributed by atoms with Crippen molar-refractivity contribution in [3.05, 3.63) is 65.9 Å². The van der Waals surface area contributed by atoms with Crippen molar-refractivity contribution >= 4 is 11.8 Å². The molecular formula is C22H23FN4O3. The number of benzene rings is 1. The molecule has 0 radical (unpaired) electrons. The maximum absolute atomic E-state index is 13.3. The Labute approximate surface area is 173 Å². The van der Waals surface area contributed by atoms with E-state index in [1.807, 2.05) is 26.0 Å². The number of carbonyl (C=O) groups excluding carboxylic acids is 2. The lowest BCUT2D eigenvalue weighted by Crippen LogP contribution is -2.58. The summed E-state index contributed by atoms with van der Waals surface area (Å²) in [6, 6.07) is 10.1. The number of H-pyrrole nitrogens is 1. The maximum atomic E-state index is 13.3. The number of aromatic amines is 1. The van der Waals surface area contributed by atoms with Crippen molar-refractivity contribution in [3.8, 4) is 11.3 Å². The van der Waals surface area contributed by atoms with Crippen LogP contribution in [0.5, 0.6) is 0 Å². The fourth-order valence-corrected chi connectivity index (χ4v) is 3.69. The minimum absolute atomic E-state index is 0.114. The predicted octanol–water partition coefficient (Wildman–Crippen LogP) is 3.54. The summed E-state index contributed by atoms with van der Waals surface area (Å²) in [5.74, 6) is -0.332. The number of aromatic nitrogens is 2. The molecule has 1 aliphatic rings. The Balaban J connectivity index is 1.61. The second-order valence-electron chi connectivity index (χ2n) is 7.87. The topological polar surface area (TPSA) is 91.2 Å². The average molecular weight is 410 g/mol. The van der Waals surface area contributed by atoms with Crippen molar-refractivity contribution < 1.29 is 18.5 Å². The summed E-state index contributed by atoms with van der Waals surface area (Å²) in [6.45, 7) is 4.34. The second kappa shape index (κ2) is 8.14. The van der Waals surface area contributed by atoms with E-state index in [-0.39, 0.29) is 35.3 Å². The van der Waals surface area contributed by atoms with E-state index in [9.17, 15) is 14.0 Å². The molecule has 0 unspecified atom stereocenters. The molecule has 30 heavy (non-hydrogen) atoms. The molecule has 3 aromatic rings. The van der Waals surface area contributed by atoms with Crippen LogP contribution < -0.4 is 5.32 Å². The van der Waals surface area contributed by atoms with Gasteiger partial charge >= 0.3 is 0 Å². The van der Waals surface area contributed by atoms with Crippen molar-refractivity contribution in [3.63, 3.8) is 0 Å². The van der Waals surface area contributed by atoms with E-state index in [1.165, 1.54) is 18.2 Å². The smallest absolute Gasteiger partial charge is 0.276 e. The molecule has 0 saturated carbocycles. The summed E-state index contributed by atoms with van der Waals surface area (Å²) in [5.41, 5.74) is 1.56. The highest BCUT2D eigenvalue weighted by Crippen LogP contribution is 2.26. The van der Waals surface area contributed by atoms with Gasteiger partial charge in [0.2, 0.25) is 5.91 Å². The van der Waals surface area contributed by atoms with Crippen LogP contribution in [0.2, 0.25) is 0 Å². The van der Waals surface area contributed by atoms with Crippen LogP contribution in [0.25, 0.3) is 11.3 Å². The molecule has 2 atom stereocenters. The summed E-state index contributed by atoms with van der Waals surface area (Å²) in [4.78, 5) is 30.8. The molecule has 0 spiro atoms. The van der Waals surface area contributed by atoms with E-state index >= 15 is 0 Å². The van der Waals surface area contributed by atoms with Crippen molar-refractivity contribution in [2.24, 2.45) is 5.92 Å². The summed E-state index contributed by atoms with van der Waals surface area (Å²) >= 11 is 0. The van der Waals surface area contributed by atoms with Crippen LogP contribution in [0.15, 0.2) is 53.2 Å². The van der Waals surface area contributed by atoms with Crippen LogP contribution in [-0.4, -0.2) is 39.4 Å². The minimum atomic E-state index is -0.588. The molecule has 4 rings (SSSR count). The van der Waals surface area contributed by atoms with Crippen LogP contribution >= 0.6 is 0 Å². The Morgan fingerprint density at radius 1 is 1.30 bits per heavy atom. The molecule has 1 aliphatic heterocycles. The first-order valence-corrected chi connectivity index (χ1v) is 9.89. The van der Waals surface area contributed by atoms with E-state index in [1.54, 1.807) is 23.2 Å². The average Bonchev–Trinajstić information content (AvgIpc) is 3.41. The third-order valence-electron chi connectivity index (χ3n) is 5.19. The quantitative estimate of drug-likeness (QED) is 0.673. The molecule has 1 aromatic carbocycles. The van der Waals surface area contributed by atoms with Gasteiger partial charge in [-0.25, -0.2) is 4.39 Å². The lowest BCUT2D eigenvalue weighted by Gasteiger charge is -2.39. The van der Waals surface area contributed by atoms with Gasteiger partial charge in [0.15, 0.2) is 11.5 Å². The van der Waals surface area contributed by atoms with Gasteiger partial charge in [0.05, 0.1) is 6.04 Å². The third kappa shape index (κ3) is 3.98. The van der Waals surface area contributed by atoms with E-state index in [0.29, 0.717) is 24.3 Å². The van der Waals surface area contributed by atoms with Gasteiger partial charge in [-0.05, 0) is 48.7 Å². The van der Waals surface area contributed by atoms with Crippen molar-refractivity contribution in [1.82, 2.24) is 20.4 Å². The number of halogens is 1. The monoisotopic (exact) mass is 410 g/mol. The molecule has 2 N–H and O–H groups in total. The minimum Gasteiger partial charge on any atom is -0.363 e. The van der Waals surface area contributed by atoms with E-state index in [2.05, 4.69) is 15.5 Å². The third-order valence-corrected chi connectivity index (χ3v) is 5.19. The van der Waals surface area contributed by atoms with E-state index in [4.69, 9.17) is 4.52 Å². The zero-order valence-electron chi connectivity index (χ0n) is 16.8. The van der Waals surface area contributed by atoms with Crippen LogP contribution in [0, 0.1) is 11.7 Å². The Kier molecular flexibility index (Phi) is 5.39. The van der Waals surface area contributed by atoms with Crippen molar-refractivity contribution in [2.45, 2.75) is 32.4 Å². The molecule has 0 aliphatic carbocycles. The molecular weight excluding hydrogens is 387 g/mol. The van der Waals surface area contributed by atoms with Crippen molar-refractivity contribution in [1.29, 1.82) is 0 Å². The lowest BCUT2D eigenvalue weighted by molar-refractivity contribution is -0.130. The molecule has 7 nitrogen and oxygen atoms in total. The lowest BCUT2D eigenvalue weighted by atomic mass is 9.97. The predicted molar refractivity (Wildman–Crippen MR) is 108 cm³/mol. The molecule has 156 valence electrons. The van der Waals surface area contributed by atoms with Crippen LogP contribution in [-0.2, 0) is 4.79 Å². The molecule has 2 amide bonds. The maximum Gasteiger partial charge on any atom is 0.276 e. The number of hydrogen-bond donors (Lipinski definition) is 2. The van der Waals surface area contributed by atoms with Gasteiger partial charge in [-0.15, -0.1) is 0 Å². The standard InChI is InChI=1S/C22H23FN4O3/c1-13(2)10-19-21(28)25-18(16-4-3-9-24-16)12-27(19)22(29)17-11-20(30-26-17)14-5-7-15(23)8-6-14/h3-9,11,13,18-19,24H,10,12H2,1-2H3,(H,25,28)/t18-,19-/m0/s1.